The minimum Gasteiger partial charge on any atom is -0.462 e. The van der Waals surface area contributed by atoms with Gasteiger partial charge in [0, 0.05) is 26.0 Å². The molecule has 3 aromatic heterocycles. The zero-order valence-corrected chi connectivity index (χ0v) is 15.6. The molecule has 0 radical (unpaired) electrons. The van der Waals surface area contributed by atoms with E-state index < -0.39 is 0 Å². The van der Waals surface area contributed by atoms with Gasteiger partial charge in [0.05, 0.1) is 12.0 Å². The van der Waals surface area contributed by atoms with Crippen LogP contribution in [-0.2, 0) is 11.3 Å². The van der Waals surface area contributed by atoms with Gasteiger partial charge in [-0.1, -0.05) is 0 Å². The second-order valence-electron chi connectivity index (χ2n) is 5.76. The van der Waals surface area contributed by atoms with Crippen LogP contribution in [0.1, 0.15) is 33.5 Å². The smallest absolute Gasteiger partial charge is 0.348 e. The topological polar surface area (TPSA) is 68.2 Å². The van der Waals surface area contributed by atoms with Crippen LogP contribution in [0.25, 0.3) is 10.2 Å². The van der Waals surface area contributed by atoms with E-state index in [4.69, 9.17) is 4.74 Å². The number of nitrogens with zero attached hydrogens (tertiary/aromatic N) is 4. The van der Waals surface area contributed by atoms with E-state index >= 15 is 0 Å². The van der Waals surface area contributed by atoms with E-state index in [0.717, 1.165) is 27.2 Å². The highest BCUT2D eigenvalue weighted by Crippen LogP contribution is 2.35. The number of esters is 1. The highest BCUT2D eigenvalue weighted by Gasteiger charge is 2.22. The maximum absolute atomic E-state index is 12.2. The number of ether oxygens (including phenoxy) is 1. The van der Waals surface area contributed by atoms with E-state index in [0.29, 0.717) is 23.9 Å². The van der Waals surface area contributed by atoms with Crippen LogP contribution in [0.2, 0.25) is 0 Å². The van der Waals surface area contributed by atoms with Gasteiger partial charge >= 0.3 is 5.97 Å². The molecule has 0 atom stereocenters. The van der Waals surface area contributed by atoms with E-state index in [1.54, 1.807) is 19.3 Å². The van der Waals surface area contributed by atoms with Gasteiger partial charge in [0.25, 0.3) is 0 Å². The summed E-state index contributed by atoms with van der Waals surface area (Å²) >= 11 is 1.36. The lowest BCUT2D eigenvalue weighted by Crippen LogP contribution is -2.18. The quantitative estimate of drug-likeness (QED) is 0.652. The minimum absolute atomic E-state index is 0.302. The van der Waals surface area contributed by atoms with E-state index in [1.807, 2.05) is 33.0 Å². The Bertz CT molecular complexity index is 908. The van der Waals surface area contributed by atoms with Crippen LogP contribution >= 0.6 is 11.3 Å². The first-order chi connectivity index (χ1) is 12.0. The Morgan fingerprint density at radius 1 is 1.24 bits per heavy atom. The molecular weight excluding hydrogens is 336 g/mol. The van der Waals surface area contributed by atoms with Crippen LogP contribution in [-0.4, -0.2) is 34.6 Å². The maximum Gasteiger partial charge on any atom is 0.348 e. The molecule has 3 rings (SSSR count). The molecule has 6 nitrogen and oxygen atoms in total. The lowest BCUT2D eigenvalue weighted by molar-refractivity contribution is 0.0531. The van der Waals surface area contributed by atoms with Gasteiger partial charge in [0.1, 0.15) is 21.3 Å². The van der Waals surface area contributed by atoms with Gasteiger partial charge in [-0.3, -0.25) is 4.98 Å². The second-order valence-corrected chi connectivity index (χ2v) is 6.76. The van der Waals surface area contributed by atoms with Crippen molar-refractivity contribution in [1.82, 2.24) is 15.0 Å². The summed E-state index contributed by atoms with van der Waals surface area (Å²) in [5.41, 5.74) is 2.01. The number of hydrogen-bond acceptors (Lipinski definition) is 7. The fraction of sp³-hybridized carbons (Fsp3) is 0.333. The molecule has 0 aliphatic rings. The van der Waals surface area contributed by atoms with Gasteiger partial charge in [0.2, 0.25) is 0 Å². The molecule has 130 valence electrons. The van der Waals surface area contributed by atoms with Crippen molar-refractivity contribution in [1.29, 1.82) is 0 Å². The molecule has 0 saturated carbocycles. The Kier molecular flexibility index (Phi) is 4.94. The Morgan fingerprint density at radius 2 is 1.96 bits per heavy atom. The Morgan fingerprint density at radius 3 is 2.64 bits per heavy atom. The number of carbonyl (C=O) groups is 1. The number of fused-ring (bicyclic) bond motifs is 1. The second kappa shape index (κ2) is 7.14. The number of aryl methyl sites for hydroxylation is 2. The summed E-state index contributed by atoms with van der Waals surface area (Å²) in [7, 11) is 1.99. The molecule has 7 heteroatoms. The number of anilines is 1. The van der Waals surface area contributed by atoms with Gasteiger partial charge in [0.15, 0.2) is 0 Å². The molecule has 3 heterocycles. The number of aromatic nitrogens is 3. The Hall–Kier alpha value is -2.54. The zero-order valence-electron chi connectivity index (χ0n) is 14.7. The van der Waals surface area contributed by atoms with E-state index in [9.17, 15) is 4.79 Å². The monoisotopic (exact) mass is 356 g/mol. The van der Waals surface area contributed by atoms with Crippen LogP contribution in [0.3, 0.4) is 0 Å². The standard InChI is InChI=1S/C18H20N4O2S/c1-5-24-18(23)15-11(2)14-16(20-12(3)21-17(14)25-15)22(4)10-13-6-8-19-9-7-13/h6-9H,5,10H2,1-4H3. The largest absolute Gasteiger partial charge is 0.462 e. The van der Waals surface area contributed by atoms with Crippen LogP contribution in [0, 0.1) is 13.8 Å². The van der Waals surface area contributed by atoms with Crippen molar-refractivity contribution >= 4 is 33.3 Å². The van der Waals surface area contributed by atoms with Crippen molar-refractivity contribution in [2.45, 2.75) is 27.3 Å². The summed E-state index contributed by atoms with van der Waals surface area (Å²) in [6, 6.07) is 3.96. The molecule has 0 fully saturated rings. The van der Waals surface area contributed by atoms with Gasteiger partial charge in [-0.2, -0.15) is 0 Å². The summed E-state index contributed by atoms with van der Waals surface area (Å²) in [6.07, 6.45) is 3.55. The van der Waals surface area contributed by atoms with Crippen molar-refractivity contribution in [3.63, 3.8) is 0 Å². The van der Waals surface area contributed by atoms with Crippen LogP contribution < -0.4 is 4.90 Å². The molecule has 25 heavy (non-hydrogen) atoms. The summed E-state index contributed by atoms with van der Waals surface area (Å²) < 4.78 is 5.17. The molecular formula is C18H20N4O2S. The fourth-order valence-corrected chi connectivity index (χ4v) is 3.84. The molecule has 0 N–H and O–H groups in total. The summed E-state index contributed by atoms with van der Waals surface area (Å²) in [4.78, 5) is 28.9. The Balaban J connectivity index is 2.06. The molecule has 0 bridgehead atoms. The molecule has 0 aliphatic heterocycles. The van der Waals surface area contributed by atoms with Crippen LogP contribution in [0.4, 0.5) is 5.82 Å². The lowest BCUT2D eigenvalue weighted by Gasteiger charge is -2.20. The molecule has 0 saturated heterocycles. The molecule has 0 unspecified atom stereocenters. The fourth-order valence-electron chi connectivity index (χ4n) is 2.73. The van der Waals surface area contributed by atoms with Gasteiger partial charge in [-0.25, -0.2) is 14.8 Å². The van der Waals surface area contributed by atoms with Crippen molar-refractivity contribution in [2.75, 3.05) is 18.6 Å². The highest BCUT2D eigenvalue weighted by molar-refractivity contribution is 7.20. The lowest BCUT2D eigenvalue weighted by atomic mass is 10.2. The number of rotatable bonds is 5. The molecule has 0 amide bonds. The predicted octanol–water partition coefficient (Wildman–Crippen LogP) is 3.52. The molecule has 0 aromatic carbocycles. The first-order valence-electron chi connectivity index (χ1n) is 8.06. The third-order valence-electron chi connectivity index (χ3n) is 3.87. The van der Waals surface area contributed by atoms with Crippen molar-refractivity contribution in [3.8, 4) is 0 Å². The third kappa shape index (κ3) is 3.46. The normalized spacial score (nSPS) is 10.9. The average Bonchev–Trinajstić information content (AvgIpc) is 2.92. The number of hydrogen-bond donors (Lipinski definition) is 0. The molecule has 0 aliphatic carbocycles. The van der Waals surface area contributed by atoms with Crippen LogP contribution in [0.15, 0.2) is 24.5 Å². The van der Waals surface area contributed by atoms with E-state index in [1.165, 1.54) is 11.3 Å². The van der Waals surface area contributed by atoms with Crippen molar-refractivity contribution in [3.05, 3.63) is 46.4 Å². The third-order valence-corrected chi connectivity index (χ3v) is 5.04. The highest BCUT2D eigenvalue weighted by atomic mass is 32.1. The van der Waals surface area contributed by atoms with E-state index in [-0.39, 0.29) is 5.97 Å². The van der Waals surface area contributed by atoms with Gasteiger partial charge < -0.3 is 9.64 Å². The summed E-state index contributed by atoms with van der Waals surface area (Å²) in [5, 5.41) is 0.912. The van der Waals surface area contributed by atoms with Gasteiger partial charge in [-0.05, 0) is 44.0 Å². The first-order valence-corrected chi connectivity index (χ1v) is 8.87. The number of thiophene rings is 1. The number of pyridine rings is 1. The summed E-state index contributed by atoms with van der Waals surface area (Å²) in [6.45, 7) is 6.64. The van der Waals surface area contributed by atoms with Crippen molar-refractivity contribution in [2.24, 2.45) is 0 Å². The molecule has 3 aromatic rings. The first kappa shape index (κ1) is 17.3. The SMILES string of the molecule is CCOC(=O)c1sc2nc(C)nc(N(C)Cc3ccncc3)c2c1C. The Labute approximate surface area is 150 Å². The average molecular weight is 356 g/mol. The predicted molar refractivity (Wildman–Crippen MR) is 99.2 cm³/mol. The zero-order chi connectivity index (χ0) is 18.0. The van der Waals surface area contributed by atoms with Crippen LogP contribution in [0.5, 0.6) is 0 Å². The maximum atomic E-state index is 12.2. The van der Waals surface area contributed by atoms with Crippen molar-refractivity contribution < 1.29 is 9.53 Å². The van der Waals surface area contributed by atoms with E-state index in [2.05, 4.69) is 19.9 Å². The molecule has 0 spiro atoms. The van der Waals surface area contributed by atoms with Gasteiger partial charge in [-0.15, -0.1) is 11.3 Å². The minimum atomic E-state index is -0.302. The number of carbonyl (C=O) groups excluding carboxylic acids is 1. The summed E-state index contributed by atoms with van der Waals surface area (Å²) in [5.74, 6) is 1.20.